The Morgan fingerprint density at radius 2 is 2.00 bits per heavy atom. The molecule has 1 heterocycles. The van der Waals surface area contributed by atoms with Crippen LogP contribution in [0.25, 0.3) is 0 Å². The fourth-order valence-electron chi connectivity index (χ4n) is 1.98. The lowest BCUT2D eigenvalue weighted by Crippen LogP contribution is -2.19. The normalized spacial score (nSPS) is 13.2. The number of aromatic nitrogens is 1. The zero-order valence-corrected chi connectivity index (χ0v) is 11.9. The van der Waals surface area contributed by atoms with E-state index in [0.29, 0.717) is 10.9 Å². The zero-order valence-electron chi connectivity index (χ0n) is 10.4. The van der Waals surface area contributed by atoms with Crippen molar-refractivity contribution in [1.82, 2.24) is 4.98 Å². The number of hydrogen-bond donors (Lipinski definition) is 1. The van der Waals surface area contributed by atoms with Crippen LogP contribution in [0, 0.1) is 0 Å². The topological polar surface area (TPSA) is 38.9 Å². The van der Waals surface area contributed by atoms with E-state index in [0.717, 1.165) is 11.6 Å². The molecule has 2 N–H and O–H groups in total. The molecule has 106 valence electrons. The predicted molar refractivity (Wildman–Crippen MR) is 74.0 cm³/mol. The van der Waals surface area contributed by atoms with Gasteiger partial charge in [-0.05, 0) is 35.7 Å². The number of halogens is 4. The van der Waals surface area contributed by atoms with Gasteiger partial charge in [0.05, 0.1) is 5.56 Å². The summed E-state index contributed by atoms with van der Waals surface area (Å²) in [7, 11) is 0. The molecule has 0 aliphatic carbocycles. The molecule has 0 saturated heterocycles. The van der Waals surface area contributed by atoms with Gasteiger partial charge in [0.1, 0.15) is 0 Å². The van der Waals surface area contributed by atoms with Crippen molar-refractivity contribution in [3.8, 4) is 0 Å². The zero-order chi connectivity index (χ0) is 14.8. The van der Waals surface area contributed by atoms with Crippen molar-refractivity contribution in [3.63, 3.8) is 0 Å². The number of alkyl halides is 3. The van der Waals surface area contributed by atoms with Crippen LogP contribution in [-0.4, -0.2) is 4.98 Å². The van der Waals surface area contributed by atoms with Gasteiger partial charge in [-0.3, -0.25) is 4.98 Å². The van der Waals surface area contributed by atoms with Crippen LogP contribution in [0.3, 0.4) is 0 Å². The van der Waals surface area contributed by atoms with Crippen LogP contribution in [0.4, 0.5) is 13.2 Å². The van der Waals surface area contributed by atoms with Gasteiger partial charge in [0.25, 0.3) is 0 Å². The quantitative estimate of drug-likeness (QED) is 0.910. The van der Waals surface area contributed by atoms with Crippen LogP contribution >= 0.6 is 15.9 Å². The van der Waals surface area contributed by atoms with Crippen molar-refractivity contribution in [1.29, 1.82) is 0 Å². The Bertz CT molecular complexity index is 585. The molecule has 0 aliphatic heterocycles. The Labute approximate surface area is 123 Å². The summed E-state index contributed by atoms with van der Waals surface area (Å²) in [5.41, 5.74) is 6.12. The van der Waals surface area contributed by atoms with E-state index in [2.05, 4.69) is 20.9 Å². The maximum atomic E-state index is 13.0. The average molecular weight is 345 g/mol. The SMILES string of the molecule is NC(Cc1cccnc1)c1ccc(Br)cc1C(F)(F)F. The third kappa shape index (κ3) is 3.58. The van der Waals surface area contributed by atoms with E-state index in [1.165, 1.54) is 6.07 Å². The van der Waals surface area contributed by atoms with Crippen molar-refractivity contribution in [3.05, 3.63) is 63.9 Å². The minimum Gasteiger partial charge on any atom is -0.324 e. The van der Waals surface area contributed by atoms with Gasteiger partial charge < -0.3 is 5.73 Å². The van der Waals surface area contributed by atoms with Gasteiger partial charge in [-0.25, -0.2) is 0 Å². The Balaban J connectivity index is 2.32. The largest absolute Gasteiger partial charge is 0.416 e. The summed E-state index contributed by atoms with van der Waals surface area (Å²) in [4.78, 5) is 3.93. The Hall–Kier alpha value is -1.40. The molecule has 0 radical (unpaired) electrons. The lowest BCUT2D eigenvalue weighted by Gasteiger charge is -2.18. The van der Waals surface area contributed by atoms with Crippen LogP contribution in [0.15, 0.2) is 47.2 Å². The molecule has 1 aromatic carbocycles. The van der Waals surface area contributed by atoms with Crippen molar-refractivity contribution in [2.45, 2.75) is 18.6 Å². The molecular formula is C14H12BrF3N2. The summed E-state index contributed by atoms with van der Waals surface area (Å²) in [6, 6.07) is 6.82. The van der Waals surface area contributed by atoms with E-state index in [1.54, 1.807) is 30.6 Å². The number of nitrogens with two attached hydrogens (primary N) is 1. The third-order valence-electron chi connectivity index (χ3n) is 2.90. The molecule has 0 amide bonds. The lowest BCUT2D eigenvalue weighted by molar-refractivity contribution is -0.138. The summed E-state index contributed by atoms with van der Waals surface area (Å²) in [6.45, 7) is 0. The summed E-state index contributed by atoms with van der Waals surface area (Å²) < 4.78 is 39.5. The van der Waals surface area contributed by atoms with Crippen molar-refractivity contribution in [2.75, 3.05) is 0 Å². The highest BCUT2D eigenvalue weighted by atomic mass is 79.9. The van der Waals surface area contributed by atoms with Crippen LogP contribution in [0.5, 0.6) is 0 Å². The van der Waals surface area contributed by atoms with E-state index >= 15 is 0 Å². The van der Waals surface area contributed by atoms with E-state index < -0.39 is 17.8 Å². The molecule has 2 rings (SSSR count). The fourth-order valence-corrected chi connectivity index (χ4v) is 2.34. The molecule has 20 heavy (non-hydrogen) atoms. The van der Waals surface area contributed by atoms with Gasteiger partial charge in [-0.15, -0.1) is 0 Å². The van der Waals surface area contributed by atoms with Gasteiger partial charge in [-0.2, -0.15) is 13.2 Å². The predicted octanol–water partition coefficient (Wildman–Crippen LogP) is 4.11. The second kappa shape index (κ2) is 5.93. The molecule has 0 fully saturated rings. The first-order valence-corrected chi connectivity index (χ1v) is 6.68. The number of benzene rings is 1. The molecule has 1 aromatic heterocycles. The van der Waals surface area contributed by atoms with E-state index in [-0.39, 0.29) is 5.56 Å². The first-order valence-electron chi connectivity index (χ1n) is 5.89. The van der Waals surface area contributed by atoms with E-state index in [1.807, 2.05) is 0 Å². The Morgan fingerprint density at radius 3 is 2.60 bits per heavy atom. The number of hydrogen-bond acceptors (Lipinski definition) is 2. The van der Waals surface area contributed by atoms with Gasteiger partial charge in [-0.1, -0.05) is 28.1 Å². The maximum absolute atomic E-state index is 13.0. The monoisotopic (exact) mass is 344 g/mol. The summed E-state index contributed by atoms with van der Waals surface area (Å²) in [5.74, 6) is 0. The molecule has 0 saturated carbocycles. The summed E-state index contributed by atoms with van der Waals surface area (Å²) >= 11 is 3.05. The summed E-state index contributed by atoms with van der Waals surface area (Å²) in [5, 5.41) is 0. The van der Waals surface area contributed by atoms with Gasteiger partial charge in [0.15, 0.2) is 0 Å². The number of pyridine rings is 1. The third-order valence-corrected chi connectivity index (χ3v) is 3.39. The highest BCUT2D eigenvalue weighted by molar-refractivity contribution is 9.10. The first kappa shape index (κ1) is 15.0. The van der Waals surface area contributed by atoms with Gasteiger partial charge in [0.2, 0.25) is 0 Å². The fraction of sp³-hybridized carbons (Fsp3) is 0.214. The summed E-state index contributed by atoms with van der Waals surface area (Å²) in [6.07, 6.45) is -0.911. The molecule has 1 atom stereocenters. The molecule has 2 nitrogen and oxygen atoms in total. The number of rotatable bonds is 3. The smallest absolute Gasteiger partial charge is 0.324 e. The Morgan fingerprint density at radius 1 is 1.25 bits per heavy atom. The van der Waals surface area contributed by atoms with Crippen molar-refractivity contribution < 1.29 is 13.2 Å². The van der Waals surface area contributed by atoms with Crippen molar-refractivity contribution >= 4 is 15.9 Å². The van der Waals surface area contributed by atoms with Crippen LogP contribution in [0.2, 0.25) is 0 Å². The van der Waals surface area contributed by atoms with Gasteiger partial charge >= 0.3 is 6.18 Å². The van der Waals surface area contributed by atoms with Crippen LogP contribution in [0.1, 0.15) is 22.7 Å². The molecule has 0 spiro atoms. The molecule has 0 aliphatic rings. The minimum absolute atomic E-state index is 0.0875. The first-order chi connectivity index (χ1) is 9.38. The van der Waals surface area contributed by atoms with Gasteiger partial charge in [0, 0.05) is 22.9 Å². The maximum Gasteiger partial charge on any atom is 0.416 e. The molecule has 6 heteroatoms. The average Bonchev–Trinajstić information content (AvgIpc) is 2.38. The Kier molecular flexibility index (Phi) is 4.45. The highest BCUT2D eigenvalue weighted by Gasteiger charge is 2.34. The van der Waals surface area contributed by atoms with E-state index in [9.17, 15) is 13.2 Å². The molecule has 2 aromatic rings. The second-order valence-electron chi connectivity index (χ2n) is 4.40. The molecular weight excluding hydrogens is 333 g/mol. The second-order valence-corrected chi connectivity index (χ2v) is 5.32. The highest BCUT2D eigenvalue weighted by Crippen LogP contribution is 2.36. The molecule has 1 unspecified atom stereocenters. The van der Waals surface area contributed by atoms with Crippen LogP contribution < -0.4 is 5.73 Å². The molecule has 0 bridgehead atoms. The number of nitrogens with zero attached hydrogens (tertiary/aromatic N) is 1. The lowest BCUT2D eigenvalue weighted by atomic mass is 9.96. The minimum atomic E-state index is -4.42. The van der Waals surface area contributed by atoms with Crippen LogP contribution in [-0.2, 0) is 12.6 Å². The standard InChI is InChI=1S/C14H12BrF3N2/c15-10-3-4-11(12(7-10)14(16,17)18)13(19)6-9-2-1-5-20-8-9/h1-5,7-8,13H,6,19H2. The van der Waals surface area contributed by atoms with E-state index in [4.69, 9.17) is 5.73 Å². The van der Waals surface area contributed by atoms with Crippen molar-refractivity contribution in [2.24, 2.45) is 5.73 Å².